The fourth-order valence-corrected chi connectivity index (χ4v) is 1.74. The third kappa shape index (κ3) is 5.77. The molecule has 0 bridgehead atoms. The van der Waals surface area contributed by atoms with Gasteiger partial charge in [-0.15, -0.1) is 0 Å². The first-order valence-corrected chi connectivity index (χ1v) is 6.13. The molecule has 20 heavy (non-hydrogen) atoms. The largest absolute Gasteiger partial charge is 0.473 e. The molecule has 1 aromatic carbocycles. The van der Waals surface area contributed by atoms with Gasteiger partial charge in [0.25, 0.3) is 0 Å². The van der Waals surface area contributed by atoms with Gasteiger partial charge in [0.15, 0.2) is 0 Å². The Morgan fingerprint density at radius 3 is 2.20 bits per heavy atom. The van der Waals surface area contributed by atoms with Crippen molar-refractivity contribution in [2.75, 3.05) is 26.2 Å². The van der Waals surface area contributed by atoms with Crippen LogP contribution in [-0.2, 0) is 16.1 Å². The van der Waals surface area contributed by atoms with Crippen LogP contribution in [0, 0.1) is 5.82 Å². The van der Waals surface area contributed by atoms with E-state index in [1.807, 2.05) is 12.1 Å². The first kappa shape index (κ1) is 16.1. The minimum Gasteiger partial charge on any atom is -0.473 e. The zero-order valence-electron chi connectivity index (χ0n) is 10.9. The van der Waals surface area contributed by atoms with E-state index in [4.69, 9.17) is 19.8 Å². The van der Waals surface area contributed by atoms with Crippen LogP contribution in [0.1, 0.15) is 5.56 Å². The Balaban J connectivity index is 0.000000286. The molecule has 0 amide bonds. The van der Waals surface area contributed by atoms with E-state index in [2.05, 4.69) is 10.2 Å². The van der Waals surface area contributed by atoms with Crippen LogP contribution in [0.15, 0.2) is 24.3 Å². The Kier molecular flexibility index (Phi) is 6.61. The van der Waals surface area contributed by atoms with Crippen LogP contribution >= 0.6 is 0 Å². The zero-order valence-corrected chi connectivity index (χ0v) is 10.9. The fourth-order valence-electron chi connectivity index (χ4n) is 1.74. The summed E-state index contributed by atoms with van der Waals surface area (Å²) >= 11 is 0. The Morgan fingerprint density at radius 1 is 1.15 bits per heavy atom. The summed E-state index contributed by atoms with van der Waals surface area (Å²) in [5, 5.41) is 18.1. The average Bonchev–Trinajstić information content (AvgIpc) is 2.43. The molecule has 3 N–H and O–H groups in total. The number of carboxylic acid groups (broad SMARTS) is 2. The van der Waals surface area contributed by atoms with Gasteiger partial charge in [-0.05, 0) is 6.07 Å². The standard InChI is InChI=1S/C11H15FN2.C2H2O4/c12-11-4-2-1-3-10(11)9-14-7-5-13-6-8-14;3-1(4)2(5)6/h1-4,13H,5-9H2;(H,3,4)(H,5,6). The molecule has 0 spiro atoms. The van der Waals surface area contributed by atoms with Crippen LogP contribution in [0.5, 0.6) is 0 Å². The average molecular weight is 284 g/mol. The molecule has 2 rings (SSSR count). The third-order valence-electron chi connectivity index (χ3n) is 2.74. The number of nitrogens with zero attached hydrogens (tertiary/aromatic N) is 1. The van der Waals surface area contributed by atoms with Crippen LogP contribution in [-0.4, -0.2) is 53.2 Å². The van der Waals surface area contributed by atoms with Crippen molar-refractivity contribution in [2.45, 2.75) is 6.54 Å². The molecule has 6 nitrogen and oxygen atoms in total. The van der Waals surface area contributed by atoms with Crippen molar-refractivity contribution < 1.29 is 24.2 Å². The van der Waals surface area contributed by atoms with Gasteiger partial charge in [0.2, 0.25) is 0 Å². The smallest absolute Gasteiger partial charge is 0.414 e. The lowest BCUT2D eigenvalue weighted by molar-refractivity contribution is -0.159. The van der Waals surface area contributed by atoms with E-state index in [9.17, 15) is 4.39 Å². The summed E-state index contributed by atoms with van der Waals surface area (Å²) in [6.07, 6.45) is 0. The Bertz CT molecular complexity index is 449. The van der Waals surface area contributed by atoms with E-state index >= 15 is 0 Å². The van der Waals surface area contributed by atoms with E-state index in [0.29, 0.717) is 0 Å². The van der Waals surface area contributed by atoms with E-state index in [-0.39, 0.29) is 5.82 Å². The highest BCUT2D eigenvalue weighted by molar-refractivity contribution is 6.27. The quantitative estimate of drug-likeness (QED) is 0.681. The monoisotopic (exact) mass is 284 g/mol. The minimum absolute atomic E-state index is 0.0916. The van der Waals surface area contributed by atoms with E-state index in [1.165, 1.54) is 6.07 Å². The lowest BCUT2D eigenvalue weighted by Crippen LogP contribution is -2.43. The molecule has 1 aromatic rings. The number of halogens is 1. The van der Waals surface area contributed by atoms with Crippen LogP contribution in [0.3, 0.4) is 0 Å². The molecule has 0 saturated carbocycles. The topological polar surface area (TPSA) is 89.9 Å². The summed E-state index contributed by atoms with van der Waals surface area (Å²) in [4.78, 5) is 20.5. The predicted molar refractivity (Wildman–Crippen MR) is 69.8 cm³/mol. The Hall–Kier alpha value is -1.99. The molecule has 0 unspecified atom stereocenters. The minimum atomic E-state index is -1.82. The molecule has 1 aliphatic heterocycles. The highest BCUT2D eigenvalue weighted by Crippen LogP contribution is 2.09. The molecule has 1 fully saturated rings. The first-order valence-electron chi connectivity index (χ1n) is 6.13. The van der Waals surface area contributed by atoms with Crippen molar-refractivity contribution in [2.24, 2.45) is 0 Å². The van der Waals surface area contributed by atoms with Crippen molar-refractivity contribution in [3.63, 3.8) is 0 Å². The first-order chi connectivity index (χ1) is 9.50. The van der Waals surface area contributed by atoms with Gasteiger partial charge in [-0.1, -0.05) is 18.2 Å². The van der Waals surface area contributed by atoms with Gasteiger partial charge < -0.3 is 15.5 Å². The summed E-state index contributed by atoms with van der Waals surface area (Å²) in [5.41, 5.74) is 0.800. The van der Waals surface area contributed by atoms with Crippen molar-refractivity contribution in [1.82, 2.24) is 10.2 Å². The number of carbonyl (C=O) groups is 2. The molecule has 1 aliphatic rings. The number of hydrogen-bond acceptors (Lipinski definition) is 4. The van der Waals surface area contributed by atoms with Gasteiger partial charge >= 0.3 is 11.9 Å². The van der Waals surface area contributed by atoms with Crippen molar-refractivity contribution in [3.05, 3.63) is 35.6 Å². The van der Waals surface area contributed by atoms with Crippen LogP contribution in [0.4, 0.5) is 4.39 Å². The van der Waals surface area contributed by atoms with Crippen LogP contribution in [0.25, 0.3) is 0 Å². The van der Waals surface area contributed by atoms with Gasteiger partial charge in [0, 0.05) is 38.3 Å². The number of benzene rings is 1. The molecule has 0 atom stereocenters. The second kappa shape index (κ2) is 8.23. The van der Waals surface area contributed by atoms with E-state index in [0.717, 1.165) is 38.3 Å². The van der Waals surface area contributed by atoms with Gasteiger partial charge in [-0.25, -0.2) is 14.0 Å². The summed E-state index contributed by atoms with van der Waals surface area (Å²) in [5.74, 6) is -3.74. The zero-order chi connectivity index (χ0) is 15.0. The predicted octanol–water partition coefficient (Wildman–Crippen LogP) is 0.386. The number of piperazine rings is 1. The maximum Gasteiger partial charge on any atom is 0.414 e. The van der Waals surface area contributed by atoms with E-state index in [1.54, 1.807) is 6.07 Å². The fraction of sp³-hybridized carbons (Fsp3) is 0.385. The summed E-state index contributed by atoms with van der Waals surface area (Å²) < 4.78 is 13.3. The molecule has 0 radical (unpaired) electrons. The number of aliphatic carboxylic acids is 2. The van der Waals surface area contributed by atoms with Gasteiger partial charge in [-0.3, -0.25) is 4.90 Å². The van der Waals surface area contributed by atoms with Gasteiger partial charge in [-0.2, -0.15) is 0 Å². The van der Waals surface area contributed by atoms with Gasteiger partial charge in [0.05, 0.1) is 0 Å². The summed E-state index contributed by atoms with van der Waals surface area (Å²) in [6, 6.07) is 7.01. The second-order valence-corrected chi connectivity index (χ2v) is 4.23. The molecular formula is C13H17FN2O4. The Morgan fingerprint density at radius 2 is 1.70 bits per heavy atom. The number of hydrogen-bond donors (Lipinski definition) is 3. The number of nitrogens with one attached hydrogen (secondary N) is 1. The van der Waals surface area contributed by atoms with Crippen LogP contribution < -0.4 is 5.32 Å². The van der Waals surface area contributed by atoms with Crippen molar-refractivity contribution in [1.29, 1.82) is 0 Å². The molecule has 110 valence electrons. The molecular weight excluding hydrogens is 267 g/mol. The maximum atomic E-state index is 13.3. The molecule has 0 aromatic heterocycles. The molecule has 0 aliphatic carbocycles. The number of carboxylic acids is 2. The van der Waals surface area contributed by atoms with Crippen LogP contribution in [0.2, 0.25) is 0 Å². The highest BCUT2D eigenvalue weighted by Gasteiger charge is 2.11. The normalized spacial score (nSPS) is 15.1. The molecule has 7 heteroatoms. The molecule has 1 saturated heterocycles. The summed E-state index contributed by atoms with van der Waals surface area (Å²) in [7, 11) is 0. The van der Waals surface area contributed by atoms with Gasteiger partial charge in [0.1, 0.15) is 5.82 Å². The summed E-state index contributed by atoms with van der Waals surface area (Å²) in [6.45, 7) is 4.76. The maximum absolute atomic E-state index is 13.3. The molecule has 1 heterocycles. The third-order valence-corrected chi connectivity index (χ3v) is 2.74. The second-order valence-electron chi connectivity index (χ2n) is 4.23. The lowest BCUT2D eigenvalue weighted by atomic mass is 10.2. The van der Waals surface area contributed by atoms with E-state index < -0.39 is 11.9 Å². The SMILES string of the molecule is Fc1ccccc1CN1CCNCC1.O=C(O)C(=O)O. The Labute approximate surface area is 115 Å². The highest BCUT2D eigenvalue weighted by atomic mass is 19.1. The number of rotatable bonds is 2. The lowest BCUT2D eigenvalue weighted by Gasteiger charge is -2.27. The van der Waals surface area contributed by atoms with Crippen molar-refractivity contribution >= 4 is 11.9 Å². The van der Waals surface area contributed by atoms with Crippen molar-refractivity contribution in [3.8, 4) is 0 Å².